The van der Waals surface area contributed by atoms with Gasteiger partial charge in [0.05, 0.1) is 11.2 Å². The predicted octanol–water partition coefficient (Wildman–Crippen LogP) is 9.20. The quantitative estimate of drug-likeness (QED) is 0.347. The Morgan fingerprint density at radius 1 is 0.706 bits per heavy atom. The third-order valence-corrected chi connectivity index (χ3v) is 11.1. The van der Waals surface area contributed by atoms with Crippen molar-refractivity contribution in [2.75, 3.05) is 5.06 Å². The zero-order chi connectivity index (χ0) is 26.5. The van der Waals surface area contributed by atoms with Crippen LogP contribution in [0.25, 0.3) is 11.1 Å². The summed E-state index contributed by atoms with van der Waals surface area (Å²) in [6.07, 6.45) is 0. The Kier molecular flexibility index (Phi) is 7.55. The zero-order valence-electron chi connectivity index (χ0n) is 24.3. The van der Waals surface area contributed by atoms with Gasteiger partial charge in [0, 0.05) is 11.1 Å². The first-order valence-corrected chi connectivity index (χ1v) is 15.4. The summed E-state index contributed by atoms with van der Waals surface area (Å²) >= 11 is 0. The van der Waals surface area contributed by atoms with Crippen LogP contribution in [0, 0.1) is 0 Å². The highest BCUT2D eigenvalue weighted by atomic mass is 28.4. The van der Waals surface area contributed by atoms with Crippen molar-refractivity contribution in [3.63, 3.8) is 0 Å². The Morgan fingerprint density at radius 2 is 1.18 bits per heavy atom. The van der Waals surface area contributed by atoms with E-state index in [2.05, 4.69) is 138 Å². The molecule has 2 aromatic rings. The summed E-state index contributed by atoms with van der Waals surface area (Å²) in [7, 11) is -2.04. The minimum absolute atomic E-state index is 0.105. The highest BCUT2D eigenvalue weighted by molar-refractivity contribution is 6.74. The molecule has 2 rings (SSSR count). The first-order chi connectivity index (χ1) is 15.1. The topological polar surface area (TPSA) is 32.7 Å². The summed E-state index contributed by atoms with van der Waals surface area (Å²) in [6.45, 7) is 30.9. The zero-order valence-corrected chi connectivity index (χ0v) is 25.3. The summed E-state index contributed by atoms with van der Waals surface area (Å²) in [5.74, 6) is 0.414. The van der Waals surface area contributed by atoms with E-state index < -0.39 is 8.32 Å². The van der Waals surface area contributed by atoms with Crippen LogP contribution in [0.5, 0.6) is 5.75 Å². The molecule has 190 valence electrons. The van der Waals surface area contributed by atoms with Crippen molar-refractivity contribution in [3.05, 3.63) is 47.5 Å². The second-order valence-corrected chi connectivity index (χ2v) is 19.0. The van der Waals surface area contributed by atoms with Gasteiger partial charge in [0.1, 0.15) is 5.75 Å². The van der Waals surface area contributed by atoms with Crippen molar-refractivity contribution in [1.82, 2.24) is 0 Å². The Balaban J connectivity index is 2.70. The SMILES string of the molecule is CC(C)(C)c1cc(-c2cccc(N(O[Si](C)(C)C(C)(C)C)C(C)(C)C)c2)cc(C(C)(C)C)c1O. The van der Waals surface area contributed by atoms with Gasteiger partial charge in [-0.25, -0.2) is 0 Å². The van der Waals surface area contributed by atoms with Gasteiger partial charge in [-0.2, -0.15) is 0 Å². The number of benzene rings is 2. The lowest BCUT2D eigenvalue weighted by Gasteiger charge is -2.45. The fraction of sp³-hybridized carbons (Fsp3) is 0.600. The molecule has 1 N–H and O–H groups in total. The number of hydrogen-bond acceptors (Lipinski definition) is 3. The first kappa shape index (κ1) is 28.5. The standard InChI is InChI=1S/C30H49NO2Si/c1-27(2,3)24-19-22(20-25(26(24)32)28(4,5)6)21-16-15-17-23(18-21)31(29(7,8)9)33-34(13,14)30(10,11)12/h15-20,32H,1-14H3. The Bertz CT molecular complexity index is 977. The van der Waals surface area contributed by atoms with Gasteiger partial charge in [-0.1, -0.05) is 74.4 Å². The van der Waals surface area contributed by atoms with E-state index in [0.717, 1.165) is 27.9 Å². The fourth-order valence-corrected chi connectivity index (χ4v) is 4.81. The molecule has 0 radical (unpaired) electrons. The van der Waals surface area contributed by atoms with Crippen molar-refractivity contribution in [1.29, 1.82) is 0 Å². The predicted molar refractivity (Wildman–Crippen MR) is 151 cm³/mol. The molecule has 0 amide bonds. The van der Waals surface area contributed by atoms with E-state index in [-0.39, 0.29) is 21.4 Å². The number of phenolic OH excluding ortho intramolecular Hbond substituents is 1. The highest BCUT2D eigenvalue weighted by Gasteiger charge is 2.42. The van der Waals surface area contributed by atoms with Crippen molar-refractivity contribution in [2.45, 2.75) is 118 Å². The average Bonchev–Trinajstić information content (AvgIpc) is 2.62. The summed E-state index contributed by atoms with van der Waals surface area (Å²) in [4.78, 5) is 0. The molecule has 3 nitrogen and oxygen atoms in total. The molecular formula is C30H49NO2Si. The monoisotopic (exact) mass is 483 g/mol. The van der Waals surface area contributed by atoms with E-state index in [9.17, 15) is 5.11 Å². The van der Waals surface area contributed by atoms with Crippen molar-refractivity contribution in [3.8, 4) is 16.9 Å². The van der Waals surface area contributed by atoms with Gasteiger partial charge in [0.2, 0.25) is 8.32 Å². The number of phenols is 1. The molecule has 0 aliphatic rings. The van der Waals surface area contributed by atoms with Crippen molar-refractivity contribution in [2.24, 2.45) is 0 Å². The molecule has 0 aliphatic heterocycles. The van der Waals surface area contributed by atoms with Crippen LogP contribution < -0.4 is 5.06 Å². The molecular weight excluding hydrogens is 434 g/mol. The molecule has 0 unspecified atom stereocenters. The van der Waals surface area contributed by atoms with Crippen LogP contribution in [0.15, 0.2) is 36.4 Å². The highest BCUT2D eigenvalue weighted by Crippen LogP contribution is 2.43. The maximum absolute atomic E-state index is 11.2. The molecule has 0 bridgehead atoms. The molecule has 0 atom stereocenters. The number of nitrogens with zero attached hydrogens (tertiary/aromatic N) is 1. The van der Waals surface area contributed by atoms with Gasteiger partial charge in [-0.05, 0) is 85.1 Å². The summed E-state index contributed by atoms with van der Waals surface area (Å²) in [5, 5.41) is 13.4. The molecule has 0 fully saturated rings. The van der Waals surface area contributed by atoms with Gasteiger partial charge in [-0.15, -0.1) is 0 Å². The summed E-state index contributed by atoms with van der Waals surface area (Å²) in [6, 6.07) is 12.9. The van der Waals surface area contributed by atoms with Gasteiger partial charge in [0.15, 0.2) is 0 Å². The first-order valence-electron chi connectivity index (χ1n) is 12.5. The van der Waals surface area contributed by atoms with Crippen LogP contribution in [0.3, 0.4) is 0 Å². The van der Waals surface area contributed by atoms with E-state index in [4.69, 9.17) is 4.53 Å². The van der Waals surface area contributed by atoms with E-state index in [1.807, 2.05) is 0 Å². The molecule has 0 saturated heterocycles. The van der Waals surface area contributed by atoms with Crippen molar-refractivity contribution < 1.29 is 9.63 Å². The number of anilines is 1. The second-order valence-electron chi connectivity index (χ2n) is 14.3. The van der Waals surface area contributed by atoms with Gasteiger partial charge in [-0.3, -0.25) is 5.06 Å². The molecule has 0 heterocycles. The normalized spacial score (nSPS) is 13.8. The lowest BCUT2D eigenvalue weighted by Crippen LogP contribution is -2.52. The van der Waals surface area contributed by atoms with Crippen LogP contribution in [0.4, 0.5) is 5.69 Å². The third-order valence-electron chi connectivity index (χ3n) is 6.87. The van der Waals surface area contributed by atoms with Crippen molar-refractivity contribution >= 4 is 14.0 Å². The van der Waals surface area contributed by atoms with E-state index >= 15 is 0 Å². The number of hydroxylamine groups is 1. The maximum Gasteiger partial charge on any atom is 0.228 e. The largest absolute Gasteiger partial charge is 0.507 e. The number of aromatic hydroxyl groups is 1. The van der Waals surface area contributed by atoms with Crippen LogP contribution >= 0.6 is 0 Å². The lowest BCUT2D eigenvalue weighted by molar-refractivity contribution is 0.185. The molecule has 0 aliphatic carbocycles. The minimum Gasteiger partial charge on any atom is -0.507 e. The van der Waals surface area contributed by atoms with Crippen LogP contribution in [-0.4, -0.2) is 19.0 Å². The second kappa shape index (κ2) is 9.02. The van der Waals surface area contributed by atoms with Gasteiger partial charge >= 0.3 is 0 Å². The van der Waals surface area contributed by atoms with Gasteiger partial charge in [0.25, 0.3) is 0 Å². The van der Waals surface area contributed by atoms with Crippen LogP contribution in [0.2, 0.25) is 18.1 Å². The third kappa shape index (κ3) is 6.25. The van der Waals surface area contributed by atoms with Crippen LogP contribution in [-0.2, 0) is 15.4 Å². The Morgan fingerprint density at radius 3 is 1.56 bits per heavy atom. The number of rotatable bonds is 4. The van der Waals surface area contributed by atoms with Gasteiger partial charge < -0.3 is 9.63 Å². The molecule has 2 aromatic carbocycles. The average molecular weight is 484 g/mol. The molecule has 0 aromatic heterocycles. The minimum atomic E-state index is -2.04. The fourth-order valence-electron chi connectivity index (χ4n) is 3.70. The van der Waals surface area contributed by atoms with E-state index in [0.29, 0.717) is 5.75 Å². The Labute approximate surface area is 210 Å². The molecule has 0 spiro atoms. The van der Waals surface area contributed by atoms with Crippen LogP contribution in [0.1, 0.15) is 94.2 Å². The molecule has 0 saturated carbocycles. The summed E-state index contributed by atoms with van der Waals surface area (Å²) in [5.41, 5.74) is 4.73. The lowest BCUT2D eigenvalue weighted by atomic mass is 9.77. The number of hydrogen-bond donors (Lipinski definition) is 1. The molecule has 4 heteroatoms. The summed E-state index contributed by atoms with van der Waals surface area (Å²) < 4.78 is 6.85. The smallest absolute Gasteiger partial charge is 0.228 e. The van der Waals surface area contributed by atoms with E-state index in [1.54, 1.807) is 0 Å². The van der Waals surface area contributed by atoms with E-state index in [1.165, 1.54) is 0 Å². The Hall–Kier alpha value is -1.78. The molecule has 34 heavy (non-hydrogen) atoms. The maximum atomic E-state index is 11.2.